The van der Waals surface area contributed by atoms with Crippen LogP contribution in [0.4, 0.5) is 11.5 Å². The van der Waals surface area contributed by atoms with Crippen molar-refractivity contribution in [3.05, 3.63) is 16.3 Å². The fraction of sp³-hybridized carbons (Fsp3) is 0.609. The van der Waals surface area contributed by atoms with Crippen molar-refractivity contribution in [2.75, 3.05) is 27.0 Å². The second kappa shape index (κ2) is 11.6. The lowest BCUT2D eigenvalue weighted by Gasteiger charge is -2.35. The number of nitro groups is 1. The van der Waals surface area contributed by atoms with Crippen molar-refractivity contribution in [1.29, 1.82) is 0 Å². The molecule has 1 saturated heterocycles. The number of aromatic nitrogens is 3. The highest BCUT2D eigenvalue weighted by molar-refractivity contribution is 7.98. The summed E-state index contributed by atoms with van der Waals surface area (Å²) in [6.45, 7) is 7.52. The zero-order chi connectivity index (χ0) is 28.4. The molecule has 1 aliphatic heterocycles. The molecule has 0 saturated carbocycles. The van der Waals surface area contributed by atoms with Gasteiger partial charge in [-0.2, -0.15) is 0 Å². The lowest BCUT2D eigenvalue weighted by atomic mass is 9.95. The number of carbonyl (C=O) groups excluding carboxylic acids is 2. The molecule has 208 valence electrons. The van der Waals surface area contributed by atoms with Crippen LogP contribution in [0.25, 0.3) is 11.0 Å². The normalized spacial score (nSPS) is 23.3. The average Bonchev–Trinajstić information content (AvgIpc) is 3.31. The molecule has 0 amide bonds. The summed E-state index contributed by atoms with van der Waals surface area (Å²) in [5.41, 5.74) is -1.64. The smallest absolute Gasteiger partial charge is 0.303 e. The van der Waals surface area contributed by atoms with Gasteiger partial charge in [-0.1, -0.05) is 11.8 Å². The molecular weight excluding hydrogens is 520 g/mol. The molecule has 38 heavy (non-hydrogen) atoms. The minimum Gasteiger partial charge on any atom is -0.463 e. The van der Waals surface area contributed by atoms with Crippen molar-refractivity contribution in [1.82, 2.24) is 19.4 Å². The van der Waals surface area contributed by atoms with Crippen LogP contribution in [0.15, 0.2) is 16.3 Å². The summed E-state index contributed by atoms with van der Waals surface area (Å²) in [5.74, 6) is -1.05. The van der Waals surface area contributed by atoms with Crippen LogP contribution in [-0.4, -0.2) is 93.5 Å². The number of hydrogen-bond acceptors (Lipinski definition) is 12. The highest BCUT2D eigenvalue weighted by atomic mass is 32.2. The van der Waals surface area contributed by atoms with Crippen LogP contribution in [0.5, 0.6) is 0 Å². The Labute approximate surface area is 223 Å². The highest BCUT2D eigenvalue weighted by Gasteiger charge is 2.59. The summed E-state index contributed by atoms with van der Waals surface area (Å²) < 4.78 is 24.8. The second-order valence-electron chi connectivity index (χ2n) is 9.33. The maximum absolute atomic E-state index is 12.3. The van der Waals surface area contributed by atoms with Crippen LogP contribution in [0, 0.1) is 10.1 Å². The number of esters is 2. The van der Waals surface area contributed by atoms with E-state index in [1.807, 2.05) is 0 Å². The molecule has 0 spiro atoms. The minimum atomic E-state index is -1.49. The molecule has 2 aromatic rings. The topological polar surface area (TPSA) is 161 Å². The third-order valence-electron chi connectivity index (χ3n) is 5.59. The van der Waals surface area contributed by atoms with Crippen LogP contribution in [0.3, 0.4) is 0 Å². The van der Waals surface area contributed by atoms with Gasteiger partial charge in [0.05, 0.1) is 23.6 Å². The molecular formula is C23H32N6O8S. The second-order valence-corrected chi connectivity index (χ2v) is 10.1. The van der Waals surface area contributed by atoms with Gasteiger partial charge in [0, 0.05) is 27.9 Å². The summed E-state index contributed by atoms with van der Waals surface area (Å²) in [6.07, 6.45) is 1.29. The number of rotatable bonds is 10. The van der Waals surface area contributed by atoms with Crippen molar-refractivity contribution in [3.8, 4) is 0 Å². The molecule has 14 nitrogen and oxygen atoms in total. The van der Waals surface area contributed by atoms with Gasteiger partial charge in [0.15, 0.2) is 28.5 Å². The van der Waals surface area contributed by atoms with E-state index in [0.29, 0.717) is 5.16 Å². The summed E-state index contributed by atoms with van der Waals surface area (Å²) in [4.78, 5) is 50.3. The van der Waals surface area contributed by atoms with E-state index in [1.54, 1.807) is 46.0 Å². The number of fused-ring (bicyclic) bond motifs is 1. The van der Waals surface area contributed by atoms with E-state index >= 15 is 0 Å². The van der Waals surface area contributed by atoms with E-state index in [0.717, 1.165) is 0 Å². The van der Waals surface area contributed by atoms with Crippen LogP contribution in [-0.2, 0) is 28.5 Å². The van der Waals surface area contributed by atoms with Crippen molar-refractivity contribution in [2.45, 2.75) is 69.9 Å². The molecule has 0 bridgehead atoms. The van der Waals surface area contributed by atoms with Crippen LogP contribution in [0.1, 0.15) is 40.8 Å². The SMILES string of the molecule is CSc1nc(/N=C/N(C)C)c2c([N+](=O)[O-])cn(C3O[C@H](COC(C)=O)[C@@H](OC(C)C)[C@@]3(C)OC(C)=O)c2n1. The van der Waals surface area contributed by atoms with E-state index in [1.165, 1.54) is 42.7 Å². The zero-order valence-electron chi connectivity index (χ0n) is 22.5. The first-order chi connectivity index (χ1) is 17.8. The number of aliphatic imine (C=N–C) groups is 1. The minimum absolute atomic E-state index is 0.0874. The van der Waals surface area contributed by atoms with Gasteiger partial charge in [-0.05, 0) is 27.0 Å². The number of thioether (sulfide) groups is 1. The Morgan fingerprint density at radius 2 is 2.03 bits per heavy atom. The summed E-state index contributed by atoms with van der Waals surface area (Å²) in [5, 5.41) is 12.5. The molecule has 3 heterocycles. The molecule has 1 unspecified atom stereocenters. The monoisotopic (exact) mass is 552 g/mol. The number of hydrogen-bond donors (Lipinski definition) is 0. The van der Waals surface area contributed by atoms with Crippen molar-refractivity contribution in [2.24, 2.45) is 4.99 Å². The highest BCUT2D eigenvalue weighted by Crippen LogP contribution is 2.47. The Balaban J connectivity index is 2.30. The van der Waals surface area contributed by atoms with Crippen molar-refractivity contribution < 1.29 is 33.5 Å². The first kappa shape index (κ1) is 29.3. The fourth-order valence-electron chi connectivity index (χ4n) is 4.25. The standard InChI is InChI=1S/C23H32N6O8S/c1-12(2)35-18-16(10-34-13(3)30)36-21(23(18,5)37-14(4)31)28-9-15(29(32)33)17-19(24-11-27(6)7)25-22(38-8)26-20(17)28/h9,11-12,16,18,21H,10H2,1-8H3/b24-11+/t16-,18-,21?,23-/m1/s1. The summed E-state index contributed by atoms with van der Waals surface area (Å²) in [7, 11) is 3.51. The van der Waals surface area contributed by atoms with Crippen LogP contribution in [0.2, 0.25) is 0 Å². The fourth-order valence-corrected chi connectivity index (χ4v) is 4.60. The van der Waals surface area contributed by atoms with Gasteiger partial charge in [0.1, 0.15) is 24.2 Å². The van der Waals surface area contributed by atoms with Gasteiger partial charge in [0.2, 0.25) is 0 Å². The van der Waals surface area contributed by atoms with Gasteiger partial charge in [-0.25, -0.2) is 15.0 Å². The Morgan fingerprint density at radius 1 is 1.34 bits per heavy atom. The molecule has 15 heteroatoms. The van der Waals surface area contributed by atoms with E-state index < -0.39 is 40.9 Å². The Hall–Kier alpha value is -3.30. The number of carbonyl (C=O) groups is 2. The Morgan fingerprint density at radius 3 is 2.55 bits per heavy atom. The predicted octanol–water partition coefficient (Wildman–Crippen LogP) is 2.86. The van der Waals surface area contributed by atoms with Crippen molar-refractivity contribution >= 4 is 52.6 Å². The Kier molecular flexibility index (Phi) is 8.94. The molecule has 3 rings (SSSR count). The van der Waals surface area contributed by atoms with Gasteiger partial charge < -0.3 is 23.8 Å². The average molecular weight is 553 g/mol. The van der Waals surface area contributed by atoms with Gasteiger partial charge in [0.25, 0.3) is 5.69 Å². The number of ether oxygens (including phenoxy) is 4. The summed E-state index contributed by atoms with van der Waals surface area (Å²) in [6, 6.07) is 0. The van der Waals surface area contributed by atoms with E-state index in [9.17, 15) is 19.7 Å². The largest absolute Gasteiger partial charge is 0.463 e. The summed E-state index contributed by atoms with van der Waals surface area (Å²) >= 11 is 1.23. The first-order valence-electron chi connectivity index (χ1n) is 11.7. The van der Waals surface area contributed by atoms with E-state index in [2.05, 4.69) is 15.0 Å². The van der Waals surface area contributed by atoms with Gasteiger partial charge >= 0.3 is 11.9 Å². The van der Waals surface area contributed by atoms with Crippen LogP contribution >= 0.6 is 11.8 Å². The first-order valence-corrected chi connectivity index (χ1v) is 13.0. The lowest BCUT2D eigenvalue weighted by molar-refractivity contribution is -0.383. The van der Waals surface area contributed by atoms with Gasteiger partial charge in [-0.3, -0.25) is 24.3 Å². The van der Waals surface area contributed by atoms with E-state index in [-0.39, 0.29) is 35.2 Å². The molecule has 0 radical (unpaired) electrons. The van der Waals surface area contributed by atoms with Crippen LogP contribution < -0.4 is 0 Å². The predicted molar refractivity (Wildman–Crippen MR) is 139 cm³/mol. The molecule has 0 aliphatic carbocycles. The maximum Gasteiger partial charge on any atom is 0.303 e. The zero-order valence-corrected chi connectivity index (χ0v) is 23.3. The maximum atomic E-state index is 12.3. The molecule has 2 aromatic heterocycles. The number of nitrogens with zero attached hydrogens (tertiary/aromatic N) is 6. The molecule has 1 fully saturated rings. The third kappa shape index (κ3) is 6.05. The molecule has 1 aliphatic rings. The molecule has 4 atom stereocenters. The lowest BCUT2D eigenvalue weighted by Crippen LogP contribution is -2.50. The quantitative estimate of drug-likeness (QED) is 0.0807. The van der Waals surface area contributed by atoms with Crippen molar-refractivity contribution in [3.63, 3.8) is 0 Å². The van der Waals surface area contributed by atoms with Gasteiger partial charge in [-0.15, -0.1) is 0 Å². The Bertz CT molecular complexity index is 1250. The molecule has 0 N–H and O–H groups in total. The third-order valence-corrected chi connectivity index (χ3v) is 6.13. The molecule has 0 aromatic carbocycles. The van der Waals surface area contributed by atoms with E-state index in [4.69, 9.17) is 18.9 Å².